The van der Waals surface area contributed by atoms with Gasteiger partial charge in [-0.1, -0.05) is 6.07 Å². The molecule has 138 valence electrons. The van der Waals surface area contributed by atoms with E-state index in [2.05, 4.69) is 4.74 Å². The molecule has 0 saturated carbocycles. The number of aliphatic hydroxyl groups excluding tert-OH is 1. The maximum Gasteiger partial charge on any atom is 0.306 e. The summed E-state index contributed by atoms with van der Waals surface area (Å²) < 4.78 is 10.4. The van der Waals surface area contributed by atoms with Gasteiger partial charge in [-0.15, -0.1) is 0 Å². The Bertz CT molecular complexity index is 847. The number of ether oxygens (including phenoxy) is 2. The first kappa shape index (κ1) is 17.7. The van der Waals surface area contributed by atoms with Crippen LogP contribution in [0.1, 0.15) is 29.6 Å². The van der Waals surface area contributed by atoms with Crippen LogP contribution in [0.2, 0.25) is 0 Å². The quantitative estimate of drug-likeness (QED) is 0.411. The van der Waals surface area contributed by atoms with Crippen molar-refractivity contribution in [2.75, 3.05) is 7.11 Å². The molecule has 0 fully saturated rings. The summed E-state index contributed by atoms with van der Waals surface area (Å²) in [6, 6.07) is 6.27. The molecule has 0 saturated heterocycles. The second-order valence-electron chi connectivity index (χ2n) is 6.04. The molecule has 3 rings (SSSR count). The summed E-state index contributed by atoms with van der Waals surface area (Å²) >= 11 is 0. The standard InChI is InChI=1S/C18H18O8/c1-25-15(23)7-10-16-13(22)5-9(19)6-14(16)26-18(17(10)24)8-2-3-11(20)12(21)4-8/h2-6,10,17-22,24H,7H2,1H3/t10-,17+,18+/m0/s1. The SMILES string of the molecule is COC(=O)C[C@H]1c2c(O)cc(O)cc2O[C@H](c2ccc(O)c(O)c2)[C@@H]1O. The third kappa shape index (κ3) is 3.06. The molecule has 5 N–H and O–H groups in total. The average Bonchev–Trinajstić information content (AvgIpc) is 2.59. The van der Waals surface area contributed by atoms with Crippen molar-refractivity contribution in [3.63, 3.8) is 0 Å². The zero-order valence-electron chi connectivity index (χ0n) is 13.8. The zero-order valence-corrected chi connectivity index (χ0v) is 13.8. The van der Waals surface area contributed by atoms with Gasteiger partial charge in [0.2, 0.25) is 0 Å². The van der Waals surface area contributed by atoms with Gasteiger partial charge < -0.3 is 35.0 Å². The minimum atomic E-state index is -1.26. The van der Waals surface area contributed by atoms with Crippen LogP contribution in [0.5, 0.6) is 28.7 Å². The summed E-state index contributed by atoms with van der Waals surface area (Å²) in [5, 5.41) is 49.8. The highest BCUT2D eigenvalue weighted by molar-refractivity contribution is 5.71. The lowest BCUT2D eigenvalue weighted by Crippen LogP contribution is -2.35. The molecule has 1 heterocycles. The summed E-state index contributed by atoms with van der Waals surface area (Å²) in [4.78, 5) is 11.8. The fourth-order valence-electron chi connectivity index (χ4n) is 3.12. The third-order valence-corrected chi connectivity index (χ3v) is 4.39. The summed E-state index contributed by atoms with van der Waals surface area (Å²) in [6.45, 7) is 0. The van der Waals surface area contributed by atoms with Gasteiger partial charge >= 0.3 is 5.97 Å². The van der Waals surface area contributed by atoms with Crippen molar-refractivity contribution in [2.45, 2.75) is 24.5 Å². The van der Waals surface area contributed by atoms with Crippen molar-refractivity contribution in [1.82, 2.24) is 0 Å². The van der Waals surface area contributed by atoms with Crippen LogP contribution in [0, 0.1) is 0 Å². The molecule has 0 spiro atoms. The Kier molecular flexibility index (Phi) is 4.52. The van der Waals surface area contributed by atoms with Gasteiger partial charge in [-0.2, -0.15) is 0 Å². The van der Waals surface area contributed by atoms with Crippen molar-refractivity contribution in [1.29, 1.82) is 0 Å². The molecule has 8 nitrogen and oxygen atoms in total. The number of hydrogen-bond acceptors (Lipinski definition) is 8. The average molecular weight is 362 g/mol. The zero-order chi connectivity index (χ0) is 19.0. The maximum absolute atomic E-state index is 11.8. The number of aromatic hydroxyl groups is 4. The molecule has 0 aromatic heterocycles. The fraction of sp³-hybridized carbons (Fsp3) is 0.278. The molecule has 0 aliphatic carbocycles. The second-order valence-corrected chi connectivity index (χ2v) is 6.04. The summed E-state index contributed by atoms with van der Waals surface area (Å²) in [6.07, 6.45) is -2.50. The number of carbonyl (C=O) groups excluding carboxylic acids is 1. The number of aliphatic hydroxyl groups is 1. The van der Waals surface area contributed by atoms with Crippen LogP contribution < -0.4 is 4.74 Å². The van der Waals surface area contributed by atoms with Gasteiger partial charge in [-0.05, 0) is 17.7 Å². The molecule has 2 aromatic carbocycles. The highest BCUT2D eigenvalue weighted by Gasteiger charge is 2.41. The number of phenols is 4. The number of carbonyl (C=O) groups is 1. The largest absolute Gasteiger partial charge is 0.508 e. The van der Waals surface area contributed by atoms with Gasteiger partial charge in [-0.25, -0.2) is 0 Å². The Balaban J connectivity index is 2.09. The Hall–Kier alpha value is -3.13. The molecule has 0 radical (unpaired) electrons. The lowest BCUT2D eigenvalue weighted by atomic mass is 9.82. The van der Waals surface area contributed by atoms with E-state index in [4.69, 9.17) is 4.74 Å². The normalized spacial score (nSPS) is 21.5. The van der Waals surface area contributed by atoms with Gasteiger partial charge in [0, 0.05) is 23.6 Å². The van der Waals surface area contributed by atoms with E-state index in [1.807, 2.05) is 0 Å². The van der Waals surface area contributed by atoms with Gasteiger partial charge in [0.1, 0.15) is 23.4 Å². The Morgan fingerprint density at radius 2 is 1.81 bits per heavy atom. The first-order chi connectivity index (χ1) is 12.3. The van der Waals surface area contributed by atoms with Crippen molar-refractivity contribution in [3.05, 3.63) is 41.5 Å². The summed E-state index contributed by atoms with van der Waals surface area (Å²) in [7, 11) is 1.21. The van der Waals surface area contributed by atoms with Crippen molar-refractivity contribution < 1.29 is 39.8 Å². The van der Waals surface area contributed by atoms with Crippen LogP contribution in [-0.4, -0.2) is 44.7 Å². The number of esters is 1. The number of methoxy groups -OCH3 is 1. The van der Waals surface area contributed by atoms with E-state index in [9.17, 15) is 30.3 Å². The van der Waals surface area contributed by atoms with Crippen LogP contribution in [0.4, 0.5) is 0 Å². The number of benzene rings is 2. The minimum Gasteiger partial charge on any atom is -0.508 e. The predicted octanol–water partition coefficient (Wildman–Crippen LogP) is 1.65. The van der Waals surface area contributed by atoms with E-state index < -0.39 is 29.8 Å². The topological polar surface area (TPSA) is 137 Å². The number of phenolic OH excluding ortho intramolecular Hbond substituents is 4. The van der Waals surface area contributed by atoms with Crippen LogP contribution in [0.15, 0.2) is 30.3 Å². The smallest absolute Gasteiger partial charge is 0.306 e. The Labute approximate surface area is 148 Å². The van der Waals surface area contributed by atoms with Gasteiger partial charge in [0.05, 0.1) is 13.5 Å². The van der Waals surface area contributed by atoms with Crippen LogP contribution >= 0.6 is 0 Å². The van der Waals surface area contributed by atoms with E-state index in [-0.39, 0.29) is 35.0 Å². The van der Waals surface area contributed by atoms with Gasteiger partial charge in [0.25, 0.3) is 0 Å². The third-order valence-electron chi connectivity index (χ3n) is 4.39. The van der Waals surface area contributed by atoms with E-state index in [1.54, 1.807) is 0 Å². The highest BCUT2D eigenvalue weighted by atomic mass is 16.5. The summed E-state index contributed by atoms with van der Waals surface area (Å²) in [5.41, 5.74) is 0.524. The van der Waals surface area contributed by atoms with Crippen LogP contribution in [0.25, 0.3) is 0 Å². The van der Waals surface area contributed by atoms with Crippen molar-refractivity contribution in [2.24, 2.45) is 0 Å². The number of rotatable bonds is 3. The highest BCUT2D eigenvalue weighted by Crippen LogP contribution is 2.49. The van der Waals surface area contributed by atoms with Crippen LogP contribution in [-0.2, 0) is 9.53 Å². The molecular weight excluding hydrogens is 344 g/mol. The number of fused-ring (bicyclic) bond motifs is 1. The van der Waals surface area contributed by atoms with Crippen molar-refractivity contribution in [3.8, 4) is 28.7 Å². The second kappa shape index (κ2) is 6.64. The molecule has 2 aromatic rings. The maximum atomic E-state index is 11.8. The molecule has 3 atom stereocenters. The van der Waals surface area contributed by atoms with E-state index >= 15 is 0 Å². The fourth-order valence-corrected chi connectivity index (χ4v) is 3.12. The van der Waals surface area contributed by atoms with Gasteiger partial charge in [-0.3, -0.25) is 4.79 Å². The monoisotopic (exact) mass is 362 g/mol. The molecular formula is C18H18O8. The first-order valence-corrected chi connectivity index (χ1v) is 7.81. The van der Waals surface area contributed by atoms with E-state index in [0.717, 1.165) is 6.07 Å². The summed E-state index contributed by atoms with van der Waals surface area (Å²) in [5.74, 6) is -2.66. The molecule has 1 aliphatic rings. The molecule has 1 aliphatic heterocycles. The molecule has 0 unspecified atom stereocenters. The number of hydrogen-bond donors (Lipinski definition) is 5. The van der Waals surface area contributed by atoms with Gasteiger partial charge in [0.15, 0.2) is 17.6 Å². The Morgan fingerprint density at radius 1 is 1.08 bits per heavy atom. The molecule has 8 heteroatoms. The van der Waals surface area contributed by atoms with Crippen molar-refractivity contribution >= 4 is 5.97 Å². The molecule has 0 bridgehead atoms. The van der Waals surface area contributed by atoms with E-state index in [0.29, 0.717) is 5.56 Å². The van der Waals surface area contributed by atoms with E-state index in [1.165, 1.54) is 31.4 Å². The minimum absolute atomic E-state index is 0.0965. The molecule has 0 amide bonds. The first-order valence-electron chi connectivity index (χ1n) is 7.81. The lowest BCUT2D eigenvalue weighted by Gasteiger charge is -2.37. The predicted molar refractivity (Wildman–Crippen MR) is 88.3 cm³/mol. The molecule has 26 heavy (non-hydrogen) atoms. The van der Waals surface area contributed by atoms with Crippen LogP contribution in [0.3, 0.4) is 0 Å². The lowest BCUT2D eigenvalue weighted by molar-refractivity contribution is -0.142. The Morgan fingerprint density at radius 3 is 2.46 bits per heavy atom.